The Morgan fingerprint density at radius 2 is 2.21 bits per heavy atom. The quantitative estimate of drug-likeness (QED) is 0.721. The molecule has 0 amide bonds. The molecule has 74 valence electrons. The Balaban J connectivity index is 2.78. The van der Waals surface area contributed by atoms with Crippen LogP contribution in [0.15, 0.2) is 24.3 Å². The van der Waals surface area contributed by atoms with Crippen molar-refractivity contribution in [3.63, 3.8) is 0 Å². The lowest BCUT2D eigenvalue weighted by Crippen LogP contribution is -2.05. The van der Waals surface area contributed by atoms with Crippen LogP contribution in [0.5, 0.6) is 5.75 Å². The van der Waals surface area contributed by atoms with E-state index in [1.165, 1.54) is 0 Å². The lowest BCUT2D eigenvalue weighted by atomic mass is 10.2. The summed E-state index contributed by atoms with van der Waals surface area (Å²) < 4.78 is 5.50. The molecule has 1 N–H and O–H groups in total. The Morgan fingerprint density at radius 1 is 1.43 bits per heavy atom. The first-order valence-corrected chi connectivity index (χ1v) is 4.59. The van der Waals surface area contributed by atoms with Gasteiger partial charge in [0.1, 0.15) is 12.4 Å². The molecule has 14 heavy (non-hydrogen) atoms. The van der Waals surface area contributed by atoms with Crippen molar-refractivity contribution in [3.05, 3.63) is 29.8 Å². The number of ether oxygens (including phenoxy) is 1. The summed E-state index contributed by atoms with van der Waals surface area (Å²) in [5, 5.41) is 8.54. The minimum Gasteiger partial charge on any atom is -0.491 e. The van der Waals surface area contributed by atoms with Gasteiger partial charge in [0, 0.05) is 5.56 Å². The Morgan fingerprint density at radius 3 is 2.86 bits per heavy atom. The van der Waals surface area contributed by atoms with E-state index in [4.69, 9.17) is 9.84 Å². The summed E-state index contributed by atoms with van der Waals surface area (Å²) in [7, 11) is 0. The summed E-state index contributed by atoms with van der Waals surface area (Å²) in [5.41, 5.74) is 0.859. The maximum atomic E-state index is 8.54. The van der Waals surface area contributed by atoms with E-state index < -0.39 is 0 Å². The van der Waals surface area contributed by atoms with Crippen molar-refractivity contribution < 1.29 is 9.84 Å². The standard InChI is InChI=1S/C12H14O2/c1-10(2)14-12-7-3-5-11(9-12)6-4-8-13/h3,5,7,9-10,13H,8H2,1-2H3. The second-order valence-corrected chi connectivity index (χ2v) is 3.15. The van der Waals surface area contributed by atoms with Gasteiger partial charge >= 0.3 is 0 Å². The van der Waals surface area contributed by atoms with Gasteiger partial charge in [0.2, 0.25) is 0 Å². The molecule has 0 aromatic heterocycles. The monoisotopic (exact) mass is 190 g/mol. The van der Waals surface area contributed by atoms with Gasteiger partial charge in [-0.1, -0.05) is 17.9 Å². The van der Waals surface area contributed by atoms with Gasteiger partial charge in [-0.05, 0) is 32.0 Å². The summed E-state index contributed by atoms with van der Waals surface area (Å²) >= 11 is 0. The molecule has 0 aliphatic heterocycles. The van der Waals surface area contributed by atoms with Crippen molar-refractivity contribution in [2.24, 2.45) is 0 Å². The fourth-order valence-corrected chi connectivity index (χ4v) is 1.06. The predicted molar refractivity (Wildman–Crippen MR) is 56.2 cm³/mol. The van der Waals surface area contributed by atoms with E-state index in [0.29, 0.717) is 0 Å². The molecule has 0 atom stereocenters. The van der Waals surface area contributed by atoms with E-state index in [9.17, 15) is 0 Å². The molecule has 0 saturated carbocycles. The van der Waals surface area contributed by atoms with E-state index in [1.54, 1.807) is 0 Å². The number of hydrogen-bond donors (Lipinski definition) is 1. The molecule has 2 nitrogen and oxygen atoms in total. The van der Waals surface area contributed by atoms with Gasteiger partial charge in [-0.3, -0.25) is 0 Å². The summed E-state index contributed by atoms with van der Waals surface area (Å²) in [5.74, 6) is 6.23. The van der Waals surface area contributed by atoms with Gasteiger partial charge in [0.15, 0.2) is 0 Å². The first-order chi connectivity index (χ1) is 6.72. The highest BCUT2D eigenvalue weighted by atomic mass is 16.5. The molecule has 0 radical (unpaired) electrons. The van der Waals surface area contributed by atoms with Crippen LogP contribution in [0.4, 0.5) is 0 Å². The highest BCUT2D eigenvalue weighted by molar-refractivity contribution is 5.39. The normalized spacial score (nSPS) is 9.43. The molecule has 1 rings (SSSR count). The Bertz CT molecular complexity index is 345. The molecule has 0 fully saturated rings. The fourth-order valence-electron chi connectivity index (χ4n) is 1.06. The number of benzene rings is 1. The third-order valence-corrected chi connectivity index (χ3v) is 1.52. The molecule has 0 spiro atoms. The van der Waals surface area contributed by atoms with Crippen LogP contribution in [0.25, 0.3) is 0 Å². The first kappa shape index (κ1) is 10.6. The lowest BCUT2D eigenvalue weighted by molar-refractivity contribution is 0.242. The lowest BCUT2D eigenvalue weighted by Gasteiger charge is -2.09. The zero-order valence-corrected chi connectivity index (χ0v) is 8.45. The molecule has 0 aliphatic rings. The second kappa shape index (κ2) is 5.31. The number of hydrogen-bond acceptors (Lipinski definition) is 2. The molecule has 1 aromatic carbocycles. The molecule has 0 aliphatic carbocycles. The molecule has 1 aromatic rings. The molecule has 2 heteroatoms. The second-order valence-electron chi connectivity index (χ2n) is 3.15. The highest BCUT2D eigenvalue weighted by Gasteiger charge is 1.96. The van der Waals surface area contributed by atoms with Crippen LogP contribution in [-0.4, -0.2) is 17.8 Å². The van der Waals surface area contributed by atoms with Crippen LogP contribution in [0.2, 0.25) is 0 Å². The van der Waals surface area contributed by atoms with Gasteiger partial charge in [-0.2, -0.15) is 0 Å². The summed E-state index contributed by atoms with van der Waals surface area (Å²) in [6, 6.07) is 7.53. The van der Waals surface area contributed by atoms with Crippen LogP contribution in [0.3, 0.4) is 0 Å². The summed E-state index contributed by atoms with van der Waals surface area (Å²) in [6.07, 6.45) is 0.163. The van der Waals surface area contributed by atoms with Crippen LogP contribution < -0.4 is 4.74 Å². The van der Waals surface area contributed by atoms with Gasteiger partial charge in [-0.25, -0.2) is 0 Å². The molecule has 0 saturated heterocycles. The van der Waals surface area contributed by atoms with Crippen molar-refractivity contribution in [3.8, 4) is 17.6 Å². The molecule has 0 bridgehead atoms. The minimum absolute atomic E-state index is 0.116. The Hall–Kier alpha value is -1.46. The van der Waals surface area contributed by atoms with Crippen molar-refractivity contribution in [1.82, 2.24) is 0 Å². The largest absolute Gasteiger partial charge is 0.491 e. The van der Waals surface area contributed by atoms with Crippen LogP contribution >= 0.6 is 0 Å². The van der Waals surface area contributed by atoms with Crippen molar-refractivity contribution >= 4 is 0 Å². The zero-order valence-electron chi connectivity index (χ0n) is 8.45. The van der Waals surface area contributed by atoms with Crippen molar-refractivity contribution in [1.29, 1.82) is 0 Å². The smallest absolute Gasteiger partial charge is 0.120 e. The zero-order chi connectivity index (χ0) is 10.4. The Kier molecular flexibility index (Phi) is 4.03. The van der Waals surface area contributed by atoms with Crippen molar-refractivity contribution in [2.45, 2.75) is 20.0 Å². The van der Waals surface area contributed by atoms with E-state index in [-0.39, 0.29) is 12.7 Å². The maximum absolute atomic E-state index is 8.54. The molecule has 0 heterocycles. The third kappa shape index (κ3) is 3.51. The van der Waals surface area contributed by atoms with E-state index in [0.717, 1.165) is 11.3 Å². The van der Waals surface area contributed by atoms with Crippen molar-refractivity contribution in [2.75, 3.05) is 6.61 Å². The van der Waals surface area contributed by atoms with Crippen LogP contribution in [0, 0.1) is 11.8 Å². The molecule has 0 unspecified atom stereocenters. The SMILES string of the molecule is CC(C)Oc1cccc(C#CCO)c1. The minimum atomic E-state index is -0.116. The fraction of sp³-hybridized carbons (Fsp3) is 0.333. The summed E-state index contributed by atoms with van der Waals surface area (Å²) in [4.78, 5) is 0. The van der Waals surface area contributed by atoms with E-state index in [1.807, 2.05) is 38.1 Å². The molecular formula is C12H14O2. The average Bonchev–Trinajstić information content (AvgIpc) is 2.14. The van der Waals surface area contributed by atoms with E-state index >= 15 is 0 Å². The average molecular weight is 190 g/mol. The number of aliphatic hydroxyl groups is 1. The van der Waals surface area contributed by atoms with Gasteiger partial charge in [0.25, 0.3) is 0 Å². The maximum Gasteiger partial charge on any atom is 0.120 e. The number of aliphatic hydroxyl groups excluding tert-OH is 1. The molecular weight excluding hydrogens is 176 g/mol. The third-order valence-electron chi connectivity index (χ3n) is 1.52. The van der Waals surface area contributed by atoms with Gasteiger partial charge in [0.05, 0.1) is 6.10 Å². The van der Waals surface area contributed by atoms with E-state index in [2.05, 4.69) is 11.8 Å². The number of rotatable bonds is 2. The summed E-state index contributed by atoms with van der Waals surface area (Å²) in [6.45, 7) is 3.84. The first-order valence-electron chi connectivity index (χ1n) is 4.59. The topological polar surface area (TPSA) is 29.5 Å². The van der Waals surface area contributed by atoms with Gasteiger partial charge in [-0.15, -0.1) is 0 Å². The predicted octanol–water partition coefficient (Wildman–Crippen LogP) is 1.82. The van der Waals surface area contributed by atoms with Crippen LogP contribution in [0.1, 0.15) is 19.4 Å². The van der Waals surface area contributed by atoms with Gasteiger partial charge < -0.3 is 9.84 Å². The highest BCUT2D eigenvalue weighted by Crippen LogP contribution is 2.13. The van der Waals surface area contributed by atoms with Crippen LogP contribution in [-0.2, 0) is 0 Å². The Labute approximate surface area is 84.5 Å².